The van der Waals surface area contributed by atoms with Crippen molar-refractivity contribution in [3.8, 4) is 0 Å². The van der Waals surface area contributed by atoms with Gasteiger partial charge in [-0.1, -0.05) is 12.2 Å². The standard InChI is InChI=1S/C9H13ClF2O/c10-9(11,12)8(13)6-7-4-2-1-3-5-7/h1-2,7-8,13H,3-6H2. The minimum absolute atomic E-state index is 0.0842. The summed E-state index contributed by atoms with van der Waals surface area (Å²) in [6.45, 7) is 0. The second-order valence-electron chi connectivity index (χ2n) is 3.44. The summed E-state index contributed by atoms with van der Waals surface area (Å²) in [6, 6.07) is 0. The first kappa shape index (κ1) is 10.9. The SMILES string of the molecule is OC(CC1CC=CCC1)C(F)(F)Cl. The lowest BCUT2D eigenvalue weighted by atomic mass is 9.89. The molecule has 1 nitrogen and oxygen atoms in total. The van der Waals surface area contributed by atoms with E-state index in [2.05, 4.69) is 0 Å². The fraction of sp³-hybridized carbons (Fsp3) is 0.778. The van der Waals surface area contributed by atoms with Crippen molar-refractivity contribution in [3.63, 3.8) is 0 Å². The Morgan fingerprint density at radius 3 is 2.69 bits per heavy atom. The summed E-state index contributed by atoms with van der Waals surface area (Å²) in [5.41, 5.74) is 0. The summed E-state index contributed by atoms with van der Waals surface area (Å²) in [4.78, 5) is 0. The Bertz CT molecular complexity index is 189. The predicted octanol–water partition coefficient (Wildman–Crippen LogP) is 2.93. The highest BCUT2D eigenvalue weighted by Crippen LogP contribution is 2.31. The third-order valence-corrected chi connectivity index (χ3v) is 2.56. The molecule has 0 saturated carbocycles. The van der Waals surface area contributed by atoms with Crippen molar-refractivity contribution in [3.05, 3.63) is 12.2 Å². The van der Waals surface area contributed by atoms with Crippen LogP contribution < -0.4 is 0 Å². The molecule has 76 valence electrons. The normalized spacial score (nSPS) is 26.0. The number of halogens is 3. The van der Waals surface area contributed by atoms with Gasteiger partial charge in [0.05, 0.1) is 0 Å². The van der Waals surface area contributed by atoms with Crippen LogP contribution in [0.5, 0.6) is 0 Å². The van der Waals surface area contributed by atoms with Gasteiger partial charge in [0.25, 0.3) is 0 Å². The zero-order valence-corrected chi connectivity index (χ0v) is 7.97. The molecule has 0 aliphatic heterocycles. The molecule has 0 fully saturated rings. The Labute approximate surface area is 81.4 Å². The molecule has 2 atom stereocenters. The van der Waals surface area contributed by atoms with Crippen LogP contribution in [0.15, 0.2) is 12.2 Å². The van der Waals surface area contributed by atoms with Gasteiger partial charge in [0.2, 0.25) is 0 Å². The van der Waals surface area contributed by atoms with Gasteiger partial charge >= 0.3 is 5.38 Å². The maximum absolute atomic E-state index is 12.4. The van der Waals surface area contributed by atoms with E-state index in [9.17, 15) is 8.78 Å². The molecular formula is C9H13ClF2O. The molecule has 0 bridgehead atoms. The van der Waals surface area contributed by atoms with Crippen molar-refractivity contribution in [2.75, 3.05) is 0 Å². The highest BCUT2D eigenvalue weighted by molar-refractivity contribution is 6.22. The number of alkyl halides is 3. The first-order valence-corrected chi connectivity index (χ1v) is 4.77. The summed E-state index contributed by atoms with van der Waals surface area (Å²) in [5.74, 6) is 0.143. The van der Waals surface area contributed by atoms with Crippen molar-refractivity contribution in [1.82, 2.24) is 0 Å². The van der Waals surface area contributed by atoms with E-state index in [-0.39, 0.29) is 12.3 Å². The molecule has 1 rings (SSSR count). The lowest BCUT2D eigenvalue weighted by molar-refractivity contribution is -0.0521. The fourth-order valence-corrected chi connectivity index (χ4v) is 1.61. The monoisotopic (exact) mass is 210 g/mol. The Morgan fingerprint density at radius 1 is 1.54 bits per heavy atom. The lowest BCUT2D eigenvalue weighted by Gasteiger charge is -2.23. The van der Waals surface area contributed by atoms with Gasteiger partial charge < -0.3 is 5.11 Å². The Balaban J connectivity index is 2.35. The molecule has 0 amide bonds. The van der Waals surface area contributed by atoms with Gasteiger partial charge in [0, 0.05) is 0 Å². The molecule has 4 heteroatoms. The van der Waals surface area contributed by atoms with Crippen LogP contribution in [0.3, 0.4) is 0 Å². The zero-order valence-electron chi connectivity index (χ0n) is 7.22. The van der Waals surface area contributed by atoms with Crippen molar-refractivity contribution in [2.45, 2.75) is 37.2 Å². The first-order chi connectivity index (χ1) is 6.00. The van der Waals surface area contributed by atoms with E-state index in [1.54, 1.807) is 0 Å². The highest BCUT2D eigenvalue weighted by Gasteiger charge is 2.36. The molecule has 0 spiro atoms. The van der Waals surface area contributed by atoms with Gasteiger partial charge in [0.15, 0.2) is 0 Å². The quantitative estimate of drug-likeness (QED) is 0.561. The van der Waals surface area contributed by atoms with E-state index in [1.807, 2.05) is 12.2 Å². The van der Waals surface area contributed by atoms with Crippen LogP contribution in [0.1, 0.15) is 25.7 Å². The summed E-state index contributed by atoms with van der Waals surface area (Å²) >= 11 is 4.70. The fourth-order valence-electron chi connectivity index (χ4n) is 1.52. The maximum Gasteiger partial charge on any atom is 0.347 e. The van der Waals surface area contributed by atoms with E-state index < -0.39 is 11.5 Å². The molecule has 0 aromatic heterocycles. The maximum atomic E-state index is 12.4. The minimum Gasteiger partial charge on any atom is -0.385 e. The molecule has 1 aliphatic carbocycles. The van der Waals surface area contributed by atoms with Crippen molar-refractivity contribution < 1.29 is 13.9 Å². The van der Waals surface area contributed by atoms with Crippen LogP contribution in [0.25, 0.3) is 0 Å². The van der Waals surface area contributed by atoms with Gasteiger partial charge in [-0.25, -0.2) is 0 Å². The molecule has 13 heavy (non-hydrogen) atoms. The van der Waals surface area contributed by atoms with Crippen molar-refractivity contribution >= 4 is 11.6 Å². The lowest BCUT2D eigenvalue weighted by Crippen LogP contribution is -2.29. The molecule has 0 saturated heterocycles. The van der Waals surface area contributed by atoms with E-state index in [0.29, 0.717) is 0 Å². The van der Waals surface area contributed by atoms with Crippen LogP contribution in [-0.2, 0) is 0 Å². The molecule has 2 unspecified atom stereocenters. The van der Waals surface area contributed by atoms with Gasteiger partial charge in [-0.2, -0.15) is 8.78 Å². The minimum atomic E-state index is -3.48. The summed E-state index contributed by atoms with van der Waals surface area (Å²) in [5, 5.41) is 5.55. The van der Waals surface area contributed by atoms with Crippen LogP contribution in [0, 0.1) is 5.92 Å². The van der Waals surface area contributed by atoms with Gasteiger partial charge in [0.1, 0.15) is 6.10 Å². The Morgan fingerprint density at radius 2 is 2.23 bits per heavy atom. The Kier molecular flexibility index (Phi) is 3.68. The number of rotatable bonds is 3. The van der Waals surface area contributed by atoms with E-state index in [0.717, 1.165) is 19.3 Å². The molecule has 0 radical (unpaired) electrons. The second kappa shape index (κ2) is 4.38. The predicted molar refractivity (Wildman–Crippen MR) is 47.9 cm³/mol. The topological polar surface area (TPSA) is 20.2 Å². The average Bonchev–Trinajstić information content (AvgIpc) is 2.04. The van der Waals surface area contributed by atoms with Crippen LogP contribution in [-0.4, -0.2) is 16.6 Å². The molecule has 0 aromatic carbocycles. The number of hydrogen-bond acceptors (Lipinski definition) is 1. The van der Waals surface area contributed by atoms with Gasteiger partial charge in [-0.3, -0.25) is 0 Å². The van der Waals surface area contributed by atoms with E-state index in [4.69, 9.17) is 16.7 Å². The third-order valence-electron chi connectivity index (χ3n) is 2.31. The molecule has 0 heterocycles. The molecule has 0 aromatic rings. The second-order valence-corrected chi connectivity index (χ2v) is 3.95. The zero-order chi connectivity index (χ0) is 9.90. The molecule has 1 aliphatic rings. The number of aliphatic hydroxyl groups excluding tert-OH is 1. The van der Waals surface area contributed by atoms with Gasteiger partial charge in [-0.15, -0.1) is 0 Å². The van der Waals surface area contributed by atoms with Crippen LogP contribution in [0.2, 0.25) is 0 Å². The van der Waals surface area contributed by atoms with Gasteiger partial charge in [-0.05, 0) is 43.2 Å². The highest BCUT2D eigenvalue weighted by atomic mass is 35.5. The molecule has 1 N–H and O–H groups in total. The van der Waals surface area contributed by atoms with Crippen LogP contribution in [0.4, 0.5) is 8.78 Å². The van der Waals surface area contributed by atoms with E-state index in [1.165, 1.54) is 0 Å². The summed E-state index contributed by atoms with van der Waals surface area (Å²) in [6.07, 6.45) is 4.90. The summed E-state index contributed by atoms with van der Waals surface area (Å²) < 4.78 is 24.7. The largest absolute Gasteiger partial charge is 0.385 e. The molecular weight excluding hydrogens is 198 g/mol. The Hall–Kier alpha value is -0.150. The average molecular weight is 211 g/mol. The van der Waals surface area contributed by atoms with Crippen molar-refractivity contribution in [2.24, 2.45) is 5.92 Å². The first-order valence-electron chi connectivity index (χ1n) is 4.40. The van der Waals surface area contributed by atoms with Crippen molar-refractivity contribution in [1.29, 1.82) is 0 Å². The number of allylic oxidation sites excluding steroid dienone is 2. The van der Waals surface area contributed by atoms with E-state index >= 15 is 0 Å². The third kappa shape index (κ3) is 3.61. The summed E-state index contributed by atoms with van der Waals surface area (Å²) in [7, 11) is 0. The number of aliphatic hydroxyl groups is 1. The number of hydrogen-bond donors (Lipinski definition) is 1. The van der Waals surface area contributed by atoms with Crippen LogP contribution >= 0.6 is 11.6 Å². The smallest absolute Gasteiger partial charge is 0.347 e.